The molecule has 0 aliphatic rings. The van der Waals surface area contributed by atoms with Crippen LogP contribution in [0.3, 0.4) is 0 Å². The molecule has 0 radical (unpaired) electrons. The summed E-state index contributed by atoms with van der Waals surface area (Å²) in [7, 11) is 3.70. The third kappa shape index (κ3) is 3.06. The molecule has 2 aromatic rings. The van der Waals surface area contributed by atoms with E-state index in [-0.39, 0.29) is 6.61 Å². The van der Waals surface area contributed by atoms with Crippen LogP contribution in [0, 0.1) is 0 Å². The number of hydrogen-bond donors (Lipinski definition) is 1. The van der Waals surface area contributed by atoms with Crippen LogP contribution in [0.2, 0.25) is 0 Å². The van der Waals surface area contributed by atoms with Crippen LogP contribution < -0.4 is 9.64 Å². The molecule has 1 N–H and O–H groups in total. The highest BCUT2D eigenvalue weighted by Gasteiger charge is 2.09. The van der Waals surface area contributed by atoms with E-state index in [9.17, 15) is 5.11 Å². The summed E-state index contributed by atoms with van der Waals surface area (Å²) in [6.07, 6.45) is 0. The molecule has 2 aromatic carbocycles. The zero-order valence-corrected chi connectivity index (χ0v) is 11.3. The number of aliphatic hydroxyl groups excluding tert-OH is 1. The van der Waals surface area contributed by atoms with Gasteiger partial charge in [0.25, 0.3) is 0 Å². The van der Waals surface area contributed by atoms with E-state index >= 15 is 0 Å². The van der Waals surface area contributed by atoms with Crippen LogP contribution in [0.5, 0.6) is 5.75 Å². The Morgan fingerprint density at radius 2 is 1.63 bits per heavy atom. The molecule has 19 heavy (non-hydrogen) atoms. The van der Waals surface area contributed by atoms with Gasteiger partial charge in [-0.05, 0) is 12.1 Å². The van der Waals surface area contributed by atoms with Crippen molar-refractivity contribution in [1.82, 2.24) is 0 Å². The molecule has 3 heteroatoms. The number of ether oxygens (including phenoxy) is 1. The van der Waals surface area contributed by atoms with Crippen LogP contribution in [-0.4, -0.2) is 19.3 Å². The summed E-state index contributed by atoms with van der Waals surface area (Å²) >= 11 is 0. The first-order valence-electron chi connectivity index (χ1n) is 6.28. The fourth-order valence-corrected chi connectivity index (χ4v) is 2.19. The molecule has 0 unspecified atom stereocenters. The van der Waals surface area contributed by atoms with Crippen molar-refractivity contribution in [2.45, 2.75) is 13.2 Å². The Morgan fingerprint density at radius 1 is 1.00 bits per heavy atom. The lowest BCUT2D eigenvalue weighted by atomic mass is 10.1. The van der Waals surface area contributed by atoms with E-state index in [4.69, 9.17) is 4.74 Å². The molecule has 0 heterocycles. The van der Waals surface area contributed by atoms with E-state index in [1.807, 2.05) is 49.5 Å². The van der Waals surface area contributed by atoms with E-state index in [0.29, 0.717) is 0 Å². The van der Waals surface area contributed by atoms with Gasteiger partial charge in [-0.1, -0.05) is 36.4 Å². The van der Waals surface area contributed by atoms with Crippen molar-refractivity contribution in [1.29, 1.82) is 0 Å². The standard InChI is InChI=1S/C16H19NO2/c1-17(15-9-5-3-8-14(15)12-18)11-13-7-4-6-10-16(13)19-2/h3-10,18H,11-12H2,1-2H3. The van der Waals surface area contributed by atoms with Crippen molar-refractivity contribution >= 4 is 5.69 Å². The number of aliphatic hydroxyl groups is 1. The molecular weight excluding hydrogens is 238 g/mol. The summed E-state index contributed by atoms with van der Waals surface area (Å²) < 4.78 is 5.36. The van der Waals surface area contributed by atoms with Crippen LogP contribution in [0.25, 0.3) is 0 Å². The van der Waals surface area contributed by atoms with Crippen molar-refractivity contribution in [2.75, 3.05) is 19.1 Å². The van der Waals surface area contributed by atoms with E-state index < -0.39 is 0 Å². The van der Waals surface area contributed by atoms with E-state index in [1.54, 1.807) is 7.11 Å². The topological polar surface area (TPSA) is 32.7 Å². The summed E-state index contributed by atoms with van der Waals surface area (Å²) in [4.78, 5) is 2.11. The van der Waals surface area contributed by atoms with E-state index in [2.05, 4.69) is 11.0 Å². The number of benzene rings is 2. The molecule has 0 aromatic heterocycles. The molecule has 0 aliphatic heterocycles. The SMILES string of the molecule is COc1ccccc1CN(C)c1ccccc1CO. The molecule has 0 atom stereocenters. The zero-order valence-electron chi connectivity index (χ0n) is 11.3. The number of hydrogen-bond acceptors (Lipinski definition) is 3. The third-order valence-electron chi connectivity index (χ3n) is 3.17. The maximum Gasteiger partial charge on any atom is 0.123 e. The lowest BCUT2D eigenvalue weighted by Gasteiger charge is -2.23. The van der Waals surface area contributed by atoms with Crippen molar-refractivity contribution in [3.8, 4) is 5.75 Å². The Bertz CT molecular complexity index is 540. The minimum Gasteiger partial charge on any atom is -0.496 e. The average Bonchev–Trinajstić information content (AvgIpc) is 2.47. The predicted molar refractivity (Wildman–Crippen MR) is 77.5 cm³/mol. The van der Waals surface area contributed by atoms with Gasteiger partial charge in [0.2, 0.25) is 0 Å². The lowest BCUT2D eigenvalue weighted by Crippen LogP contribution is -2.18. The first-order chi connectivity index (χ1) is 9.26. The molecule has 2 rings (SSSR count). The zero-order chi connectivity index (χ0) is 13.7. The minimum absolute atomic E-state index is 0.0481. The quantitative estimate of drug-likeness (QED) is 0.894. The van der Waals surface area contributed by atoms with Crippen molar-refractivity contribution < 1.29 is 9.84 Å². The molecule has 0 saturated carbocycles. The smallest absolute Gasteiger partial charge is 0.123 e. The summed E-state index contributed by atoms with van der Waals surface area (Å²) in [5, 5.41) is 9.38. The Kier molecular flexibility index (Phi) is 4.42. The fourth-order valence-electron chi connectivity index (χ4n) is 2.19. The first-order valence-corrected chi connectivity index (χ1v) is 6.28. The third-order valence-corrected chi connectivity index (χ3v) is 3.17. The van der Waals surface area contributed by atoms with Gasteiger partial charge >= 0.3 is 0 Å². The van der Waals surface area contributed by atoms with Gasteiger partial charge in [0.15, 0.2) is 0 Å². The normalized spacial score (nSPS) is 10.3. The van der Waals surface area contributed by atoms with Crippen molar-refractivity contribution in [3.05, 3.63) is 59.7 Å². The second-order valence-electron chi connectivity index (χ2n) is 4.45. The van der Waals surface area contributed by atoms with E-state index in [0.717, 1.165) is 29.1 Å². The second-order valence-corrected chi connectivity index (χ2v) is 4.45. The summed E-state index contributed by atoms with van der Waals surface area (Å²) in [5.41, 5.74) is 3.09. The Hall–Kier alpha value is -2.00. The van der Waals surface area contributed by atoms with E-state index in [1.165, 1.54) is 0 Å². The number of nitrogens with zero attached hydrogens (tertiary/aromatic N) is 1. The average molecular weight is 257 g/mol. The summed E-state index contributed by atoms with van der Waals surface area (Å²) in [6.45, 7) is 0.785. The minimum atomic E-state index is 0.0481. The highest BCUT2D eigenvalue weighted by molar-refractivity contribution is 5.53. The van der Waals surface area contributed by atoms with Crippen LogP contribution in [0.1, 0.15) is 11.1 Å². The summed E-state index contributed by atoms with van der Waals surface area (Å²) in [6, 6.07) is 15.8. The van der Waals surface area contributed by atoms with Gasteiger partial charge in [0.05, 0.1) is 13.7 Å². The summed E-state index contributed by atoms with van der Waals surface area (Å²) in [5.74, 6) is 0.885. The number of rotatable bonds is 5. The molecule has 0 fully saturated rings. The molecular formula is C16H19NO2. The molecule has 0 bridgehead atoms. The van der Waals surface area contributed by atoms with Gasteiger partial charge in [0.1, 0.15) is 5.75 Å². The molecule has 100 valence electrons. The molecule has 0 saturated heterocycles. The number of methoxy groups -OCH3 is 1. The van der Waals surface area contributed by atoms with Gasteiger partial charge in [-0.2, -0.15) is 0 Å². The number of para-hydroxylation sites is 2. The van der Waals surface area contributed by atoms with Crippen molar-refractivity contribution in [3.63, 3.8) is 0 Å². The largest absolute Gasteiger partial charge is 0.496 e. The maximum atomic E-state index is 9.38. The molecule has 0 spiro atoms. The highest BCUT2D eigenvalue weighted by Crippen LogP contribution is 2.24. The van der Waals surface area contributed by atoms with Gasteiger partial charge in [-0.25, -0.2) is 0 Å². The Morgan fingerprint density at radius 3 is 2.32 bits per heavy atom. The van der Waals surface area contributed by atoms with Crippen LogP contribution in [0.15, 0.2) is 48.5 Å². The van der Waals surface area contributed by atoms with Gasteiger partial charge < -0.3 is 14.7 Å². The van der Waals surface area contributed by atoms with Crippen LogP contribution in [-0.2, 0) is 13.2 Å². The first kappa shape index (κ1) is 13.4. The van der Waals surface area contributed by atoms with Gasteiger partial charge in [0, 0.05) is 30.4 Å². The van der Waals surface area contributed by atoms with Gasteiger partial charge in [-0.3, -0.25) is 0 Å². The second kappa shape index (κ2) is 6.25. The molecule has 0 amide bonds. The van der Waals surface area contributed by atoms with Crippen LogP contribution in [0.4, 0.5) is 5.69 Å². The molecule has 3 nitrogen and oxygen atoms in total. The Labute approximate surface area is 114 Å². The van der Waals surface area contributed by atoms with Gasteiger partial charge in [-0.15, -0.1) is 0 Å². The highest BCUT2D eigenvalue weighted by atomic mass is 16.5. The van der Waals surface area contributed by atoms with Crippen molar-refractivity contribution in [2.24, 2.45) is 0 Å². The van der Waals surface area contributed by atoms with Crippen LogP contribution >= 0.6 is 0 Å². The Balaban J connectivity index is 2.23. The lowest BCUT2D eigenvalue weighted by molar-refractivity contribution is 0.282. The fraction of sp³-hybridized carbons (Fsp3) is 0.250. The molecule has 0 aliphatic carbocycles. The predicted octanol–water partition coefficient (Wildman–Crippen LogP) is 2.82. The number of anilines is 1. The monoisotopic (exact) mass is 257 g/mol. The maximum absolute atomic E-state index is 9.38.